The normalized spacial score (nSPS) is 18.7. The van der Waals surface area contributed by atoms with Crippen LogP contribution in [0.15, 0.2) is 36.4 Å². The van der Waals surface area contributed by atoms with Crippen molar-refractivity contribution in [2.24, 2.45) is 0 Å². The van der Waals surface area contributed by atoms with Gasteiger partial charge in [0.15, 0.2) is 0 Å². The summed E-state index contributed by atoms with van der Waals surface area (Å²) < 4.78 is 13.1. The molecule has 0 spiro atoms. The predicted molar refractivity (Wildman–Crippen MR) is 95.9 cm³/mol. The van der Waals surface area contributed by atoms with Crippen LogP contribution >= 0.6 is 0 Å². The molecule has 1 N–H and O–H groups in total. The van der Waals surface area contributed by atoms with E-state index < -0.39 is 6.10 Å². The molecule has 1 saturated heterocycles. The zero-order valence-corrected chi connectivity index (χ0v) is 14.8. The van der Waals surface area contributed by atoms with Crippen molar-refractivity contribution in [3.05, 3.63) is 42.1 Å². The van der Waals surface area contributed by atoms with Gasteiger partial charge in [-0.3, -0.25) is 4.79 Å². The number of carbonyl (C=O) groups is 1. The molecule has 1 amide bonds. The van der Waals surface area contributed by atoms with Crippen molar-refractivity contribution in [2.75, 3.05) is 18.5 Å². The Kier molecular flexibility index (Phi) is 5.83. The van der Waals surface area contributed by atoms with Crippen molar-refractivity contribution >= 4 is 11.7 Å². The third-order valence-electron chi connectivity index (χ3n) is 4.26. The lowest BCUT2D eigenvalue weighted by atomic mass is 10.1. The average Bonchev–Trinajstić information content (AvgIpc) is 3.01. The van der Waals surface area contributed by atoms with Gasteiger partial charge in [-0.15, -0.1) is 0 Å². The fourth-order valence-electron chi connectivity index (χ4n) is 2.85. The van der Waals surface area contributed by atoms with Crippen molar-refractivity contribution in [1.82, 2.24) is 9.78 Å². The third kappa shape index (κ3) is 4.67. The topological polar surface area (TPSA) is 65.4 Å². The molecule has 2 unspecified atom stereocenters. The van der Waals surface area contributed by atoms with Crippen LogP contribution in [0.2, 0.25) is 0 Å². The minimum absolute atomic E-state index is 0.0982. The number of ether oxygens (including phenoxy) is 2. The standard InChI is InChI=1S/C19H25N3O3/c1-14-12-18(22(21-14)16-8-4-3-5-9-16)20-19(23)15(2)25-13-17-10-6-7-11-24-17/h3-5,8-9,12,15,17H,6-7,10-11,13H2,1-2H3,(H,20,23). The maximum Gasteiger partial charge on any atom is 0.254 e. The summed E-state index contributed by atoms with van der Waals surface area (Å²) in [5.74, 6) is 0.450. The number of amides is 1. The van der Waals surface area contributed by atoms with Crippen molar-refractivity contribution in [3.63, 3.8) is 0 Å². The van der Waals surface area contributed by atoms with E-state index in [0.717, 1.165) is 37.3 Å². The Morgan fingerprint density at radius 3 is 2.92 bits per heavy atom. The highest BCUT2D eigenvalue weighted by molar-refractivity contribution is 5.93. The molecule has 0 aliphatic carbocycles. The van der Waals surface area contributed by atoms with Crippen molar-refractivity contribution < 1.29 is 14.3 Å². The molecule has 1 aromatic heterocycles. The third-order valence-corrected chi connectivity index (χ3v) is 4.26. The van der Waals surface area contributed by atoms with Crippen LogP contribution in [0, 0.1) is 6.92 Å². The summed E-state index contributed by atoms with van der Waals surface area (Å²) in [5.41, 5.74) is 1.73. The van der Waals surface area contributed by atoms with Crippen LogP contribution in [0.1, 0.15) is 31.9 Å². The molecular formula is C19H25N3O3. The van der Waals surface area contributed by atoms with E-state index in [-0.39, 0.29) is 12.0 Å². The van der Waals surface area contributed by atoms with Crippen LogP contribution in [0.25, 0.3) is 5.69 Å². The molecule has 1 aromatic carbocycles. The van der Waals surface area contributed by atoms with Gasteiger partial charge in [0.05, 0.1) is 24.1 Å². The van der Waals surface area contributed by atoms with Gasteiger partial charge >= 0.3 is 0 Å². The van der Waals surface area contributed by atoms with Crippen LogP contribution in [-0.4, -0.2) is 41.1 Å². The van der Waals surface area contributed by atoms with Crippen LogP contribution in [0.4, 0.5) is 5.82 Å². The first kappa shape index (κ1) is 17.6. The Morgan fingerprint density at radius 1 is 1.40 bits per heavy atom. The lowest BCUT2D eigenvalue weighted by Crippen LogP contribution is -2.33. The summed E-state index contributed by atoms with van der Waals surface area (Å²) in [4.78, 5) is 12.5. The molecular weight excluding hydrogens is 318 g/mol. The van der Waals surface area contributed by atoms with Crippen LogP contribution in [0.5, 0.6) is 0 Å². The molecule has 25 heavy (non-hydrogen) atoms. The highest BCUT2D eigenvalue weighted by Crippen LogP contribution is 2.18. The molecule has 0 bridgehead atoms. The van der Waals surface area contributed by atoms with Crippen LogP contribution in [-0.2, 0) is 14.3 Å². The number of hydrogen-bond donors (Lipinski definition) is 1. The van der Waals surface area contributed by atoms with E-state index in [4.69, 9.17) is 9.47 Å². The molecule has 2 heterocycles. The van der Waals surface area contributed by atoms with Gasteiger partial charge in [-0.2, -0.15) is 5.10 Å². The summed E-state index contributed by atoms with van der Waals surface area (Å²) in [6.07, 6.45) is 2.81. The summed E-state index contributed by atoms with van der Waals surface area (Å²) in [7, 11) is 0. The molecule has 134 valence electrons. The minimum atomic E-state index is -0.551. The van der Waals surface area contributed by atoms with Gasteiger partial charge in [0.2, 0.25) is 0 Å². The van der Waals surface area contributed by atoms with E-state index in [1.165, 1.54) is 0 Å². The zero-order chi connectivity index (χ0) is 17.6. The van der Waals surface area contributed by atoms with Gasteiger partial charge in [-0.05, 0) is 45.2 Å². The first-order valence-corrected chi connectivity index (χ1v) is 8.79. The smallest absolute Gasteiger partial charge is 0.254 e. The molecule has 1 aliphatic rings. The fraction of sp³-hybridized carbons (Fsp3) is 0.474. The maximum atomic E-state index is 12.5. The number of aryl methyl sites for hydroxylation is 1. The number of anilines is 1. The second kappa shape index (κ2) is 8.27. The molecule has 1 aliphatic heterocycles. The van der Waals surface area contributed by atoms with Crippen molar-refractivity contribution in [1.29, 1.82) is 0 Å². The Morgan fingerprint density at radius 2 is 2.20 bits per heavy atom. The number of aromatic nitrogens is 2. The Labute approximate surface area is 148 Å². The summed E-state index contributed by atoms with van der Waals surface area (Å²) >= 11 is 0. The van der Waals surface area contributed by atoms with Crippen molar-refractivity contribution in [2.45, 2.75) is 45.3 Å². The Hall–Kier alpha value is -2.18. The van der Waals surface area contributed by atoms with E-state index in [2.05, 4.69) is 10.4 Å². The number of rotatable bonds is 6. The Balaban J connectivity index is 1.60. The van der Waals surface area contributed by atoms with Crippen LogP contribution in [0.3, 0.4) is 0 Å². The summed E-state index contributed by atoms with van der Waals surface area (Å²) in [6.45, 7) is 4.89. The monoisotopic (exact) mass is 343 g/mol. The quantitative estimate of drug-likeness (QED) is 0.875. The number of carbonyl (C=O) groups excluding carboxylic acids is 1. The second-order valence-corrected chi connectivity index (χ2v) is 6.37. The van der Waals surface area contributed by atoms with E-state index in [0.29, 0.717) is 12.4 Å². The van der Waals surface area contributed by atoms with Gasteiger partial charge in [-0.1, -0.05) is 18.2 Å². The molecule has 2 aromatic rings. The van der Waals surface area contributed by atoms with E-state index in [1.54, 1.807) is 11.6 Å². The number of para-hydroxylation sites is 1. The summed E-state index contributed by atoms with van der Waals surface area (Å²) in [5, 5.41) is 7.37. The summed E-state index contributed by atoms with van der Waals surface area (Å²) in [6, 6.07) is 11.6. The van der Waals surface area contributed by atoms with Crippen molar-refractivity contribution in [3.8, 4) is 5.69 Å². The van der Waals surface area contributed by atoms with E-state index >= 15 is 0 Å². The molecule has 6 heteroatoms. The molecule has 3 rings (SSSR count). The highest BCUT2D eigenvalue weighted by Gasteiger charge is 2.20. The molecule has 1 fully saturated rings. The van der Waals surface area contributed by atoms with Crippen LogP contribution < -0.4 is 5.32 Å². The number of nitrogens with one attached hydrogen (secondary N) is 1. The fourth-order valence-corrected chi connectivity index (χ4v) is 2.85. The predicted octanol–water partition coefficient (Wildman–Crippen LogP) is 3.09. The SMILES string of the molecule is Cc1cc(NC(=O)C(C)OCC2CCCCO2)n(-c2ccccc2)n1. The Bertz CT molecular complexity index is 693. The number of benzene rings is 1. The first-order chi connectivity index (χ1) is 12.1. The number of nitrogens with zero attached hydrogens (tertiary/aromatic N) is 2. The van der Waals surface area contributed by atoms with Gasteiger partial charge in [-0.25, -0.2) is 4.68 Å². The lowest BCUT2D eigenvalue weighted by molar-refractivity contribution is -0.130. The first-order valence-electron chi connectivity index (χ1n) is 8.79. The molecule has 0 saturated carbocycles. The van der Waals surface area contributed by atoms with E-state index in [1.807, 2.05) is 43.3 Å². The van der Waals surface area contributed by atoms with Gasteiger partial charge in [0.1, 0.15) is 11.9 Å². The van der Waals surface area contributed by atoms with Gasteiger partial charge in [0.25, 0.3) is 5.91 Å². The molecule has 0 radical (unpaired) electrons. The lowest BCUT2D eigenvalue weighted by Gasteiger charge is -2.23. The molecule has 6 nitrogen and oxygen atoms in total. The highest BCUT2D eigenvalue weighted by atomic mass is 16.5. The minimum Gasteiger partial charge on any atom is -0.376 e. The molecule has 2 atom stereocenters. The number of hydrogen-bond acceptors (Lipinski definition) is 4. The van der Waals surface area contributed by atoms with E-state index in [9.17, 15) is 4.79 Å². The second-order valence-electron chi connectivity index (χ2n) is 6.37. The largest absolute Gasteiger partial charge is 0.376 e. The zero-order valence-electron chi connectivity index (χ0n) is 14.8. The van der Waals surface area contributed by atoms with Gasteiger partial charge < -0.3 is 14.8 Å². The maximum absolute atomic E-state index is 12.5. The van der Waals surface area contributed by atoms with Gasteiger partial charge in [0, 0.05) is 12.7 Å². The average molecular weight is 343 g/mol.